The number of rotatable bonds is 4. The maximum Gasteiger partial charge on any atom is 0.0617 e. The summed E-state index contributed by atoms with van der Waals surface area (Å²) < 4.78 is 5.06. The van der Waals surface area contributed by atoms with E-state index in [0.29, 0.717) is 6.61 Å². The lowest BCUT2D eigenvalue weighted by atomic mass is 10.3. The van der Waals surface area contributed by atoms with E-state index in [9.17, 15) is 0 Å². The van der Waals surface area contributed by atoms with E-state index >= 15 is 0 Å². The minimum absolute atomic E-state index is 0. The smallest absolute Gasteiger partial charge is 0.0617 e. The van der Waals surface area contributed by atoms with Crippen LogP contribution in [0, 0.1) is 0 Å². The van der Waals surface area contributed by atoms with E-state index in [1.165, 1.54) is 0 Å². The molecule has 1 atom stereocenters. The fraction of sp³-hybridized carbons (Fsp3) is 1.00. The summed E-state index contributed by atoms with van der Waals surface area (Å²) in [5.74, 6) is 0. The third-order valence-corrected chi connectivity index (χ3v) is 1.06. The summed E-state index contributed by atoms with van der Waals surface area (Å²) in [6.45, 7) is 5.51. The highest BCUT2D eigenvalue weighted by Gasteiger charge is 1.94. The first kappa shape index (κ1) is 11.9. The van der Waals surface area contributed by atoms with Crippen LogP contribution in [0.2, 0.25) is 0 Å². The molecule has 2 N–H and O–H groups in total. The van der Waals surface area contributed by atoms with Gasteiger partial charge < -0.3 is 10.5 Å². The van der Waals surface area contributed by atoms with Crippen molar-refractivity contribution in [2.45, 2.75) is 26.3 Å². The second kappa shape index (κ2) is 8.21. The van der Waals surface area contributed by atoms with Crippen molar-refractivity contribution in [1.29, 1.82) is 0 Å². The number of ether oxygens (including phenoxy) is 1. The molecule has 0 aliphatic rings. The van der Waals surface area contributed by atoms with Gasteiger partial charge in [-0.05, 0) is 13.3 Å². The number of hydrogen-bond acceptors (Lipinski definition) is 2. The lowest BCUT2D eigenvalue weighted by Gasteiger charge is -2.06. The zero-order valence-electron chi connectivity index (χ0n) is 6.09. The van der Waals surface area contributed by atoms with E-state index in [1.54, 1.807) is 0 Å². The third-order valence-electron chi connectivity index (χ3n) is 1.06. The molecule has 0 aromatic rings. The monoisotopic (exact) mass is 153 g/mol. The van der Waals surface area contributed by atoms with E-state index in [4.69, 9.17) is 10.5 Å². The molecule has 0 aliphatic heterocycles. The van der Waals surface area contributed by atoms with Gasteiger partial charge in [-0.2, -0.15) is 0 Å². The van der Waals surface area contributed by atoms with Crippen LogP contribution in [-0.4, -0.2) is 19.3 Å². The number of halogens is 1. The quantitative estimate of drug-likeness (QED) is 0.659. The van der Waals surface area contributed by atoms with Gasteiger partial charge in [0.25, 0.3) is 0 Å². The van der Waals surface area contributed by atoms with Crippen LogP contribution in [0.4, 0.5) is 0 Å². The lowest BCUT2D eigenvalue weighted by molar-refractivity contribution is 0.132. The molecule has 0 aliphatic carbocycles. The van der Waals surface area contributed by atoms with E-state index in [1.807, 2.05) is 6.92 Å². The summed E-state index contributed by atoms with van der Waals surface area (Å²) >= 11 is 0. The largest absolute Gasteiger partial charge is 0.380 e. The van der Waals surface area contributed by atoms with Gasteiger partial charge >= 0.3 is 0 Å². The van der Waals surface area contributed by atoms with Crippen molar-refractivity contribution in [3.05, 3.63) is 0 Å². The van der Waals surface area contributed by atoms with Crippen molar-refractivity contribution in [3.63, 3.8) is 0 Å². The molecule has 3 heteroatoms. The molecule has 2 nitrogen and oxygen atoms in total. The molecule has 1 unspecified atom stereocenters. The second-order valence-corrected chi connectivity index (χ2v) is 1.83. The third kappa shape index (κ3) is 8.21. The highest BCUT2D eigenvalue weighted by molar-refractivity contribution is 5.85. The molecule has 0 aromatic carbocycles. The predicted molar refractivity (Wildman–Crippen MR) is 42.0 cm³/mol. The first-order valence-corrected chi connectivity index (χ1v) is 3.14. The van der Waals surface area contributed by atoms with Crippen LogP contribution >= 0.6 is 12.4 Å². The van der Waals surface area contributed by atoms with Gasteiger partial charge in [-0.15, -0.1) is 12.4 Å². The highest BCUT2D eigenvalue weighted by atomic mass is 35.5. The maximum absolute atomic E-state index is 5.53. The molecule has 0 bridgehead atoms. The Labute approximate surface area is 63.2 Å². The van der Waals surface area contributed by atoms with Crippen molar-refractivity contribution >= 4 is 12.4 Å². The number of nitrogens with two attached hydrogens (primary N) is 1. The number of hydrogen-bond donors (Lipinski definition) is 1. The fourth-order valence-corrected chi connectivity index (χ4v) is 0.387. The molecule has 0 spiro atoms. The molecule has 0 radical (unpaired) electrons. The van der Waals surface area contributed by atoms with Crippen LogP contribution in [0.3, 0.4) is 0 Å². The first-order valence-electron chi connectivity index (χ1n) is 3.14. The summed E-state index contributed by atoms with van der Waals surface area (Å²) in [5, 5.41) is 0. The molecule has 9 heavy (non-hydrogen) atoms. The Balaban J connectivity index is 0. The van der Waals surface area contributed by atoms with Crippen molar-refractivity contribution in [2.75, 3.05) is 13.2 Å². The van der Waals surface area contributed by atoms with Crippen molar-refractivity contribution in [2.24, 2.45) is 5.73 Å². The SMILES string of the molecule is CCOCC(N)CC.Cl. The van der Waals surface area contributed by atoms with E-state index < -0.39 is 0 Å². The Morgan fingerprint density at radius 3 is 2.33 bits per heavy atom. The van der Waals surface area contributed by atoms with E-state index in [0.717, 1.165) is 13.0 Å². The molecule has 0 heterocycles. The highest BCUT2D eigenvalue weighted by Crippen LogP contribution is 1.85. The van der Waals surface area contributed by atoms with Gasteiger partial charge in [0, 0.05) is 12.6 Å². The van der Waals surface area contributed by atoms with Crippen LogP contribution in [0.25, 0.3) is 0 Å². The molecule has 58 valence electrons. The van der Waals surface area contributed by atoms with Crippen LogP contribution < -0.4 is 5.73 Å². The van der Waals surface area contributed by atoms with Gasteiger partial charge in [0.1, 0.15) is 0 Å². The molecule has 0 aromatic heterocycles. The Bertz CT molecular complexity index is 52.3. The van der Waals surface area contributed by atoms with Gasteiger partial charge in [-0.1, -0.05) is 6.92 Å². The molecule has 0 saturated heterocycles. The molecule has 0 fully saturated rings. The normalized spacial score (nSPS) is 12.3. The summed E-state index contributed by atoms with van der Waals surface area (Å²) in [4.78, 5) is 0. The van der Waals surface area contributed by atoms with Gasteiger partial charge in [-0.3, -0.25) is 0 Å². The average molecular weight is 154 g/mol. The molecule has 0 amide bonds. The van der Waals surface area contributed by atoms with Crippen molar-refractivity contribution < 1.29 is 4.74 Å². The van der Waals surface area contributed by atoms with Crippen LogP contribution in [0.5, 0.6) is 0 Å². The lowest BCUT2D eigenvalue weighted by Crippen LogP contribution is -2.24. The zero-order chi connectivity index (χ0) is 6.41. The predicted octanol–water partition coefficient (Wildman–Crippen LogP) is 1.18. The summed E-state index contributed by atoms with van der Waals surface area (Å²) in [7, 11) is 0. The first-order chi connectivity index (χ1) is 3.81. The van der Waals surface area contributed by atoms with Crippen molar-refractivity contribution in [3.8, 4) is 0 Å². The minimum Gasteiger partial charge on any atom is -0.380 e. The van der Waals surface area contributed by atoms with Gasteiger partial charge in [0.05, 0.1) is 6.61 Å². The molecule has 0 rings (SSSR count). The summed E-state index contributed by atoms with van der Waals surface area (Å²) in [6.07, 6.45) is 1.00. The topological polar surface area (TPSA) is 35.2 Å². The minimum atomic E-state index is 0. The molecule has 0 saturated carbocycles. The average Bonchev–Trinajstić information content (AvgIpc) is 1.83. The Kier molecular flexibility index (Phi) is 10.9. The summed E-state index contributed by atoms with van der Waals surface area (Å²) in [5.41, 5.74) is 5.53. The second-order valence-electron chi connectivity index (χ2n) is 1.83. The van der Waals surface area contributed by atoms with E-state index in [2.05, 4.69) is 6.92 Å². The summed E-state index contributed by atoms with van der Waals surface area (Å²) in [6, 6.07) is 0.231. The van der Waals surface area contributed by atoms with Crippen LogP contribution in [-0.2, 0) is 4.74 Å². The van der Waals surface area contributed by atoms with Crippen LogP contribution in [0.15, 0.2) is 0 Å². The van der Waals surface area contributed by atoms with Gasteiger partial charge in [0.15, 0.2) is 0 Å². The Morgan fingerprint density at radius 2 is 2.00 bits per heavy atom. The van der Waals surface area contributed by atoms with Gasteiger partial charge in [-0.25, -0.2) is 0 Å². The van der Waals surface area contributed by atoms with E-state index in [-0.39, 0.29) is 18.4 Å². The Morgan fingerprint density at radius 1 is 1.44 bits per heavy atom. The van der Waals surface area contributed by atoms with Crippen molar-refractivity contribution in [1.82, 2.24) is 0 Å². The van der Waals surface area contributed by atoms with Gasteiger partial charge in [0.2, 0.25) is 0 Å². The van der Waals surface area contributed by atoms with Crippen LogP contribution in [0.1, 0.15) is 20.3 Å². The Hall–Kier alpha value is 0.210. The maximum atomic E-state index is 5.53. The standard InChI is InChI=1S/C6H15NO.ClH/c1-3-6(7)5-8-4-2;/h6H,3-5,7H2,1-2H3;1H. The molecular weight excluding hydrogens is 138 g/mol. The fourth-order valence-electron chi connectivity index (χ4n) is 0.387. The zero-order valence-corrected chi connectivity index (χ0v) is 6.91. The molecular formula is C6H16ClNO.